The third kappa shape index (κ3) is 5.33. The molecule has 1 atom stereocenters. The van der Waals surface area contributed by atoms with E-state index in [9.17, 15) is 22.4 Å². The molecule has 1 aromatic carbocycles. The second-order valence-electron chi connectivity index (χ2n) is 8.22. The van der Waals surface area contributed by atoms with Crippen molar-refractivity contribution in [1.29, 1.82) is 0 Å². The largest absolute Gasteiger partial charge is 0.435 e. The van der Waals surface area contributed by atoms with Crippen molar-refractivity contribution >= 4 is 11.6 Å². The van der Waals surface area contributed by atoms with Gasteiger partial charge in [-0.05, 0) is 29.4 Å². The van der Waals surface area contributed by atoms with Crippen LogP contribution in [0.4, 0.5) is 23.2 Å². The Hall–Kier alpha value is -2.38. The lowest BCUT2D eigenvalue weighted by atomic mass is 9.82. The van der Waals surface area contributed by atoms with Crippen LogP contribution < -0.4 is 5.32 Å². The molecule has 0 aliphatic carbocycles. The molecule has 0 saturated carbocycles. The molecule has 2 aromatic rings. The lowest BCUT2D eigenvalue weighted by molar-refractivity contribution is -0.142. The smallest absolute Gasteiger partial charge is 0.326 e. The van der Waals surface area contributed by atoms with Gasteiger partial charge >= 0.3 is 6.18 Å². The number of nitrogens with one attached hydrogen (secondary N) is 1. The van der Waals surface area contributed by atoms with Gasteiger partial charge in [0.25, 0.3) is 0 Å². The van der Waals surface area contributed by atoms with Crippen LogP contribution in [0.15, 0.2) is 24.3 Å². The average molecular weight is 399 g/mol. The number of halogens is 4. The van der Waals surface area contributed by atoms with Gasteiger partial charge in [0.1, 0.15) is 0 Å². The first-order valence-corrected chi connectivity index (χ1v) is 8.97. The molecule has 1 N–H and O–H groups in total. The molecule has 4 nitrogen and oxygen atoms in total. The Bertz CT molecular complexity index is 850. The molecule has 0 radical (unpaired) electrons. The number of amides is 1. The lowest BCUT2D eigenvalue weighted by Crippen LogP contribution is -2.19. The number of benzene rings is 1. The first kappa shape index (κ1) is 21.9. The van der Waals surface area contributed by atoms with Crippen LogP contribution in [-0.4, -0.2) is 15.7 Å². The summed E-state index contributed by atoms with van der Waals surface area (Å²) in [6.07, 6.45) is -4.73. The van der Waals surface area contributed by atoms with Gasteiger partial charge in [0.2, 0.25) is 11.9 Å². The zero-order chi connectivity index (χ0) is 21.3. The van der Waals surface area contributed by atoms with Crippen LogP contribution >= 0.6 is 0 Å². The summed E-state index contributed by atoms with van der Waals surface area (Å²) in [5, 5.41) is 5.80. The maximum Gasteiger partial charge on any atom is 0.435 e. The predicted molar refractivity (Wildman–Crippen MR) is 99.4 cm³/mol. The van der Waals surface area contributed by atoms with E-state index < -0.39 is 35.7 Å². The number of para-hydroxylation sites is 1. The van der Waals surface area contributed by atoms with E-state index in [2.05, 4.69) is 31.2 Å². The Morgan fingerprint density at radius 1 is 1.21 bits per heavy atom. The van der Waals surface area contributed by atoms with E-state index in [4.69, 9.17) is 0 Å². The van der Waals surface area contributed by atoms with Crippen molar-refractivity contribution in [2.24, 2.45) is 12.5 Å². The maximum atomic E-state index is 14.1. The normalized spacial score (nSPS) is 13.5. The number of carbonyl (C=O) groups is 1. The molecular formula is C20H25F4N3O. The van der Waals surface area contributed by atoms with E-state index in [1.165, 1.54) is 0 Å². The van der Waals surface area contributed by atoms with E-state index in [0.717, 1.165) is 19.0 Å². The molecule has 1 amide bonds. The quantitative estimate of drug-likeness (QED) is 0.694. The van der Waals surface area contributed by atoms with Gasteiger partial charge in [-0.1, -0.05) is 45.9 Å². The number of aromatic nitrogens is 2. The van der Waals surface area contributed by atoms with Gasteiger partial charge < -0.3 is 5.32 Å². The van der Waals surface area contributed by atoms with Gasteiger partial charge in [-0.2, -0.15) is 22.7 Å². The van der Waals surface area contributed by atoms with Crippen molar-refractivity contribution in [3.8, 4) is 0 Å². The average Bonchev–Trinajstić information content (AvgIpc) is 2.82. The molecule has 1 unspecified atom stereocenters. The van der Waals surface area contributed by atoms with Gasteiger partial charge in [0.05, 0.1) is 6.42 Å². The molecule has 28 heavy (non-hydrogen) atoms. The molecule has 0 aliphatic rings. The highest BCUT2D eigenvalue weighted by Crippen LogP contribution is 2.35. The number of nitrogens with zero attached hydrogens (tertiary/aromatic N) is 2. The summed E-state index contributed by atoms with van der Waals surface area (Å²) in [6.45, 7) is 8.34. The minimum absolute atomic E-state index is 0.0665. The molecule has 1 heterocycles. The topological polar surface area (TPSA) is 46.9 Å². The van der Waals surface area contributed by atoms with Crippen LogP contribution in [0.5, 0.6) is 0 Å². The molecule has 0 bridgehead atoms. The summed E-state index contributed by atoms with van der Waals surface area (Å²) in [5.74, 6) is -1.78. The van der Waals surface area contributed by atoms with Gasteiger partial charge in [0, 0.05) is 18.3 Å². The summed E-state index contributed by atoms with van der Waals surface area (Å²) < 4.78 is 53.8. The molecule has 154 valence electrons. The molecule has 0 fully saturated rings. The van der Waals surface area contributed by atoms with Crippen LogP contribution in [0, 0.1) is 11.4 Å². The van der Waals surface area contributed by atoms with Crippen LogP contribution in [0.2, 0.25) is 0 Å². The highest BCUT2D eigenvalue weighted by atomic mass is 19.4. The van der Waals surface area contributed by atoms with Crippen molar-refractivity contribution in [3.63, 3.8) is 0 Å². The van der Waals surface area contributed by atoms with E-state index in [1.54, 1.807) is 12.1 Å². The van der Waals surface area contributed by atoms with Crippen LogP contribution in [-0.2, 0) is 24.4 Å². The third-order valence-corrected chi connectivity index (χ3v) is 4.36. The fourth-order valence-corrected chi connectivity index (χ4v) is 3.36. The van der Waals surface area contributed by atoms with Crippen LogP contribution in [0.25, 0.3) is 0 Å². The minimum Gasteiger partial charge on any atom is -0.326 e. The van der Waals surface area contributed by atoms with E-state index in [1.807, 2.05) is 19.1 Å². The first-order valence-electron chi connectivity index (χ1n) is 8.97. The zero-order valence-corrected chi connectivity index (χ0v) is 16.6. The Balaban J connectivity index is 2.24. The second-order valence-corrected chi connectivity index (χ2v) is 8.22. The fraction of sp³-hybridized carbons (Fsp3) is 0.500. The van der Waals surface area contributed by atoms with Crippen molar-refractivity contribution in [2.75, 3.05) is 5.32 Å². The Labute approximate surface area is 161 Å². The van der Waals surface area contributed by atoms with E-state index in [0.29, 0.717) is 10.4 Å². The highest BCUT2D eigenvalue weighted by molar-refractivity contribution is 5.93. The fourth-order valence-electron chi connectivity index (χ4n) is 3.36. The zero-order valence-electron chi connectivity index (χ0n) is 16.6. The third-order valence-electron chi connectivity index (χ3n) is 4.36. The van der Waals surface area contributed by atoms with Gasteiger partial charge in [0.15, 0.2) is 5.69 Å². The standard InChI is InChI=1S/C20H25F4N3O/c1-12(11-19(2,3)4)13-8-6-7-9-15(13)25-16(28)10-14-17(20(22,23)24)26-27(5)18(14)21/h6-9,12H,10-11H2,1-5H3,(H,25,28). The molecule has 0 aliphatic heterocycles. The van der Waals surface area contributed by atoms with Crippen molar-refractivity contribution in [1.82, 2.24) is 9.78 Å². The number of alkyl halides is 3. The molecule has 2 rings (SSSR count). The number of hydrogen-bond donors (Lipinski definition) is 1. The number of carbonyl (C=O) groups excluding carboxylic acids is 1. The van der Waals surface area contributed by atoms with Crippen molar-refractivity contribution in [3.05, 3.63) is 47.0 Å². The molecular weight excluding hydrogens is 374 g/mol. The number of rotatable bonds is 5. The van der Waals surface area contributed by atoms with Crippen LogP contribution in [0.1, 0.15) is 56.9 Å². The Kier molecular flexibility index (Phi) is 6.21. The van der Waals surface area contributed by atoms with Crippen molar-refractivity contribution < 1.29 is 22.4 Å². The molecule has 0 saturated heterocycles. The summed E-state index contributed by atoms with van der Waals surface area (Å²) in [5.41, 5.74) is -0.669. The van der Waals surface area contributed by atoms with Crippen molar-refractivity contribution in [2.45, 2.75) is 52.6 Å². The molecule has 8 heteroatoms. The SMILES string of the molecule is CC(CC(C)(C)C)c1ccccc1NC(=O)Cc1c(C(F)(F)F)nn(C)c1F. The summed E-state index contributed by atoms with van der Waals surface area (Å²) in [7, 11) is 1.06. The molecule has 1 aromatic heterocycles. The number of aryl methyl sites for hydroxylation is 1. The summed E-state index contributed by atoms with van der Waals surface area (Å²) in [6, 6.07) is 7.13. The predicted octanol–water partition coefficient (Wildman–Crippen LogP) is 5.30. The van der Waals surface area contributed by atoms with Gasteiger partial charge in [-0.15, -0.1) is 0 Å². The number of anilines is 1. The van der Waals surface area contributed by atoms with Gasteiger partial charge in [-0.3, -0.25) is 4.79 Å². The number of hydrogen-bond acceptors (Lipinski definition) is 2. The maximum absolute atomic E-state index is 14.1. The second kappa shape index (κ2) is 7.93. The minimum atomic E-state index is -4.84. The summed E-state index contributed by atoms with van der Waals surface area (Å²) >= 11 is 0. The molecule has 0 spiro atoms. The summed E-state index contributed by atoms with van der Waals surface area (Å²) in [4.78, 5) is 12.4. The van der Waals surface area contributed by atoms with E-state index >= 15 is 0 Å². The van der Waals surface area contributed by atoms with E-state index in [-0.39, 0.29) is 11.3 Å². The first-order chi connectivity index (χ1) is 12.8. The monoisotopic (exact) mass is 399 g/mol. The Morgan fingerprint density at radius 2 is 1.82 bits per heavy atom. The van der Waals surface area contributed by atoms with Gasteiger partial charge in [-0.25, -0.2) is 4.68 Å². The highest BCUT2D eigenvalue weighted by Gasteiger charge is 2.39. The van der Waals surface area contributed by atoms with Crippen LogP contribution in [0.3, 0.4) is 0 Å². The Morgan fingerprint density at radius 3 is 2.39 bits per heavy atom. The lowest BCUT2D eigenvalue weighted by Gasteiger charge is -2.25.